The maximum Gasteiger partial charge on any atom is 0.0599 e. The van der Waals surface area contributed by atoms with Crippen molar-refractivity contribution in [1.82, 2.24) is 0 Å². The number of hydrogen-bond donors (Lipinski definition) is 2. The molecule has 0 saturated carbocycles. The van der Waals surface area contributed by atoms with Crippen molar-refractivity contribution < 1.29 is 10.2 Å². The van der Waals surface area contributed by atoms with E-state index < -0.39 is 6.10 Å². The Bertz CT molecular complexity index is 123. The van der Waals surface area contributed by atoms with E-state index in [0.29, 0.717) is 12.8 Å². The summed E-state index contributed by atoms with van der Waals surface area (Å²) >= 11 is 0. The lowest BCUT2D eigenvalue weighted by molar-refractivity contribution is 0.0758. The first kappa shape index (κ1) is 12.7. The Morgan fingerprint density at radius 3 is 2.46 bits per heavy atom. The molecule has 13 heavy (non-hydrogen) atoms. The van der Waals surface area contributed by atoms with Gasteiger partial charge in [0.15, 0.2) is 0 Å². The molecule has 0 amide bonds. The number of aliphatic hydroxyl groups excluding tert-OH is 2. The predicted molar refractivity (Wildman–Crippen MR) is 55.6 cm³/mol. The van der Waals surface area contributed by atoms with Gasteiger partial charge in [-0.1, -0.05) is 32.3 Å². The Labute approximate surface area is 81.3 Å². The van der Waals surface area contributed by atoms with Crippen LogP contribution < -0.4 is 0 Å². The zero-order valence-corrected chi connectivity index (χ0v) is 8.58. The van der Waals surface area contributed by atoms with Crippen LogP contribution in [0, 0.1) is 0 Å². The first-order chi connectivity index (χ1) is 6.20. The normalized spacial score (nSPS) is 15.3. The van der Waals surface area contributed by atoms with Crippen LogP contribution in [0.15, 0.2) is 12.7 Å². The third-order valence-corrected chi connectivity index (χ3v) is 2.12. The maximum atomic E-state index is 9.48. The summed E-state index contributed by atoms with van der Waals surface area (Å²) < 4.78 is 0. The molecule has 2 heteroatoms. The Morgan fingerprint density at radius 2 is 1.92 bits per heavy atom. The second-order valence-corrected chi connectivity index (χ2v) is 3.56. The molecule has 2 N–H and O–H groups in total. The van der Waals surface area contributed by atoms with E-state index in [-0.39, 0.29) is 6.10 Å². The molecule has 0 unspecified atom stereocenters. The smallest absolute Gasteiger partial charge is 0.0599 e. The van der Waals surface area contributed by atoms with Crippen LogP contribution in [0.3, 0.4) is 0 Å². The van der Waals surface area contributed by atoms with Gasteiger partial charge in [-0.25, -0.2) is 0 Å². The summed E-state index contributed by atoms with van der Waals surface area (Å²) in [5.74, 6) is 0. The minimum Gasteiger partial charge on any atom is -0.393 e. The third kappa shape index (κ3) is 8.00. The average Bonchev–Trinajstić information content (AvgIpc) is 2.05. The minimum atomic E-state index is -0.422. The highest BCUT2D eigenvalue weighted by molar-refractivity contribution is 4.74. The first-order valence-electron chi connectivity index (χ1n) is 5.17. The number of unbranched alkanes of at least 4 members (excludes halogenated alkanes) is 2. The Balaban J connectivity index is 3.37. The fraction of sp³-hybridized carbons (Fsp3) is 0.818. The minimum absolute atomic E-state index is 0.346. The molecule has 0 aromatic carbocycles. The zero-order valence-electron chi connectivity index (χ0n) is 8.58. The van der Waals surface area contributed by atoms with E-state index in [4.69, 9.17) is 0 Å². The van der Waals surface area contributed by atoms with Gasteiger partial charge in [0.1, 0.15) is 0 Å². The average molecular weight is 186 g/mol. The van der Waals surface area contributed by atoms with Crippen molar-refractivity contribution >= 4 is 0 Å². The molecule has 78 valence electrons. The van der Waals surface area contributed by atoms with Gasteiger partial charge >= 0.3 is 0 Å². The Hall–Kier alpha value is -0.340. The van der Waals surface area contributed by atoms with Gasteiger partial charge in [0.2, 0.25) is 0 Å². The highest BCUT2D eigenvalue weighted by atomic mass is 16.3. The number of aliphatic hydroxyl groups is 2. The molecule has 0 heterocycles. The highest BCUT2D eigenvalue weighted by Crippen LogP contribution is 2.10. The van der Waals surface area contributed by atoms with Gasteiger partial charge in [0.25, 0.3) is 0 Å². The van der Waals surface area contributed by atoms with Gasteiger partial charge in [-0.2, -0.15) is 0 Å². The molecule has 0 aromatic rings. The second-order valence-electron chi connectivity index (χ2n) is 3.56. The van der Waals surface area contributed by atoms with E-state index in [9.17, 15) is 10.2 Å². The third-order valence-electron chi connectivity index (χ3n) is 2.12. The fourth-order valence-corrected chi connectivity index (χ4v) is 1.35. The molecule has 0 spiro atoms. The second kappa shape index (κ2) is 8.27. The molecule has 0 aliphatic heterocycles. The summed E-state index contributed by atoms with van der Waals surface area (Å²) in [6.45, 7) is 5.68. The summed E-state index contributed by atoms with van der Waals surface area (Å²) in [5.41, 5.74) is 0. The highest BCUT2D eigenvalue weighted by Gasteiger charge is 2.09. The quantitative estimate of drug-likeness (QED) is 0.451. The number of rotatable bonds is 8. The standard InChI is InChI=1S/C11H22O2/c1-3-5-6-8-11(13)9-10(12)7-4-2/h4,10-13H,2-3,5-9H2,1H3/t10-,11-/m0/s1. The lowest BCUT2D eigenvalue weighted by atomic mass is 10.0. The van der Waals surface area contributed by atoms with Gasteiger partial charge in [0.05, 0.1) is 12.2 Å². The van der Waals surface area contributed by atoms with Crippen molar-refractivity contribution in [1.29, 1.82) is 0 Å². The fourth-order valence-electron chi connectivity index (χ4n) is 1.35. The molecule has 0 fully saturated rings. The van der Waals surface area contributed by atoms with Crippen LogP contribution in [-0.4, -0.2) is 22.4 Å². The van der Waals surface area contributed by atoms with E-state index in [0.717, 1.165) is 19.3 Å². The van der Waals surface area contributed by atoms with Gasteiger partial charge in [-0.05, 0) is 19.3 Å². The predicted octanol–water partition coefficient (Wildman–Crippen LogP) is 2.25. The van der Waals surface area contributed by atoms with Crippen LogP contribution in [0.4, 0.5) is 0 Å². The Morgan fingerprint density at radius 1 is 1.23 bits per heavy atom. The first-order valence-corrected chi connectivity index (χ1v) is 5.17. The summed E-state index contributed by atoms with van der Waals surface area (Å²) in [6.07, 6.45) is 6.16. The van der Waals surface area contributed by atoms with Crippen LogP contribution >= 0.6 is 0 Å². The van der Waals surface area contributed by atoms with Gasteiger partial charge in [-0.3, -0.25) is 0 Å². The van der Waals surface area contributed by atoms with Crippen molar-refractivity contribution in [2.45, 2.75) is 57.7 Å². The lowest BCUT2D eigenvalue weighted by Gasteiger charge is -2.13. The van der Waals surface area contributed by atoms with E-state index in [1.54, 1.807) is 6.08 Å². The van der Waals surface area contributed by atoms with Crippen LogP contribution in [0.2, 0.25) is 0 Å². The molecule has 0 bridgehead atoms. The topological polar surface area (TPSA) is 40.5 Å². The van der Waals surface area contributed by atoms with Crippen LogP contribution in [0.1, 0.15) is 45.4 Å². The van der Waals surface area contributed by atoms with Crippen LogP contribution in [0.25, 0.3) is 0 Å². The molecular weight excluding hydrogens is 164 g/mol. The van der Waals surface area contributed by atoms with Gasteiger partial charge in [0, 0.05) is 0 Å². The lowest BCUT2D eigenvalue weighted by Crippen LogP contribution is -2.16. The van der Waals surface area contributed by atoms with E-state index in [1.165, 1.54) is 6.42 Å². The van der Waals surface area contributed by atoms with Gasteiger partial charge < -0.3 is 10.2 Å². The van der Waals surface area contributed by atoms with Crippen molar-refractivity contribution in [3.05, 3.63) is 12.7 Å². The molecule has 0 aliphatic carbocycles. The molecule has 2 atom stereocenters. The van der Waals surface area contributed by atoms with Crippen molar-refractivity contribution in [2.24, 2.45) is 0 Å². The Kier molecular flexibility index (Phi) is 8.05. The van der Waals surface area contributed by atoms with Crippen molar-refractivity contribution in [3.8, 4) is 0 Å². The summed E-state index contributed by atoms with van der Waals surface area (Å²) in [4.78, 5) is 0. The zero-order chi connectivity index (χ0) is 10.1. The maximum absolute atomic E-state index is 9.48. The van der Waals surface area contributed by atoms with Crippen molar-refractivity contribution in [3.63, 3.8) is 0 Å². The van der Waals surface area contributed by atoms with Crippen LogP contribution in [-0.2, 0) is 0 Å². The largest absolute Gasteiger partial charge is 0.393 e. The van der Waals surface area contributed by atoms with E-state index in [2.05, 4.69) is 13.5 Å². The monoisotopic (exact) mass is 186 g/mol. The van der Waals surface area contributed by atoms with Gasteiger partial charge in [-0.15, -0.1) is 6.58 Å². The van der Waals surface area contributed by atoms with E-state index >= 15 is 0 Å². The molecule has 0 radical (unpaired) electrons. The number of hydrogen-bond acceptors (Lipinski definition) is 2. The summed E-state index contributed by atoms with van der Waals surface area (Å²) in [7, 11) is 0. The van der Waals surface area contributed by atoms with Crippen LogP contribution in [0.5, 0.6) is 0 Å². The van der Waals surface area contributed by atoms with E-state index in [1.807, 2.05) is 0 Å². The summed E-state index contributed by atoms with van der Waals surface area (Å²) in [5, 5.41) is 18.8. The molecule has 0 aromatic heterocycles. The molecule has 2 nitrogen and oxygen atoms in total. The SMILES string of the molecule is C=CC[C@H](O)C[C@@H](O)CCCCC. The molecule has 0 rings (SSSR count). The molecule has 0 aliphatic rings. The van der Waals surface area contributed by atoms with Crippen molar-refractivity contribution in [2.75, 3.05) is 0 Å². The molecular formula is C11H22O2. The molecule has 0 saturated heterocycles. The summed E-state index contributed by atoms with van der Waals surface area (Å²) in [6, 6.07) is 0.